The second-order valence-electron chi connectivity index (χ2n) is 9.46. The number of hydrogen-bond acceptors (Lipinski definition) is 1. The molecule has 3 aliphatic carbocycles. The first-order chi connectivity index (χ1) is 13.8. The molecular formula is C27H38O. The number of aryl methyl sites for hydroxylation is 1. The predicted octanol–water partition coefficient (Wildman–Crippen LogP) is 7.00. The first kappa shape index (κ1) is 20.0. The minimum absolute atomic E-state index is 0.516. The van der Waals surface area contributed by atoms with Gasteiger partial charge in [0.15, 0.2) is 0 Å². The summed E-state index contributed by atoms with van der Waals surface area (Å²) in [6.07, 6.45) is 21.5. The van der Waals surface area contributed by atoms with E-state index in [2.05, 4.69) is 56.4 Å². The van der Waals surface area contributed by atoms with E-state index in [0.29, 0.717) is 6.10 Å². The number of hydrogen-bond donors (Lipinski definition) is 0. The van der Waals surface area contributed by atoms with Crippen molar-refractivity contribution in [3.8, 4) is 0 Å². The van der Waals surface area contributed by atoms with Crippen LogP contribution in [0.1, 0.15) is 75.5 Å². The highest BCUT2D eigenvalue weighted by atomic mass is 16.5. The maximum atomic E-state index is 6.09. The van der Waals surface area contributed by atoms with Gasteiger partial charge in [-0.3, -0.25) is 0 Å². The normalized spacial score (nSPS) is 33.1. The first-order valence-electron chi connectivity index (χ1n) is 11.7. The van der Waals surface area contributed by atoms with Crippen LogP contribution < -0.4 is 0 Å². The summed E-state index contributed by atoms with van der Waals surface area (Å²) in [4.78, 5) is 0. The maximum Gasteiger partial charge on any atom is 0.0651 e. The second-order valence-corrected chi connectivity index (χ2v) is 9.46. The van der Waals surface area contributed by atoms with Crippen LogP contribution in [0.15, 0.2) is 36.4 Å². The first-order valence-corrected chi connectivity index (χ1v) is 11.7. The van der Waals surface area contributed by atoms with Gasteiger partial charge in [-0.2, -0.15) is 0 Å². The van der Waals surface area contributed by atoms with Gasteiger partial charge in [0.1, 0.15) is 0 Å². The standard InChI is InChI=1S/C27H38O/c1-3-5-15-28-27-14-13-25-18-24(11-12-26(25)19-27)23-10-9-21-16-20(6-4-2)7-8-22(21)17-23/h3-8,16,23-27H,9-15,17-19H2,1-2H3/b5-3+,6-4+. The summed E-state index contributed by atoms with van der Waals surface area (Å²) in [6, 6.07) is 7.15. The Kier molecular flexibility index (Phi) is 6.73. The number of allylic oxidation sites excluding steroid dienone is 2. The van der Waals surface area contributed by atoms with Crippen molar-refractivity contribution in [1.29, 1.82) is 0 Å². The Balaban J connectivity index is 1.32. The van der Waals surface area contributed by atoms with Gasteiger partial charge < -0.3 is 4.74 Å². The van der Waals surface area contributed by atoms with Gasteiger partial charge in [0, 0.05) is 0 Å². The van der Waals surface area contributed by atoms with Gasteiger partial charge in [-0.1, -0.05) is 42.5 Å². The fraction of sp³-hybridized carbons (Fsp3) is 0.630. The molecule has 0 aliphatic heterocycles. The summed E-state index contributed by atoms with van der Waals surface area (Å²) in [7, 11) is 0. The Hall–Kier alpha value is -1.34. The van der Waals surface area contributed by atoms with Gasteiger partial charge in [-0.05, 0) is 112 Å². The fourth-order valence-electron chi connectivity index (χ4n) is 6.25. The lowest BCUT2D eigenvalue weighted by Gasteiger charge is -2.44. The Bertz CT molecular complexity index is 700. The molecule has 5 unspecified atom stereocenters. The molecule has 4 rings (SSSR count). The fourth-order valence-corrected chi connectivity index (χ4v) is 6.25. The topological polar surface area (TPSA) is 9.23 Å². The van der Waals surface area contributed by atoms with E-state index in [4.69, 9.17) is 4.74 Å². The average molecular weight is 379 g/mol. The molecule has 1 heteroatoms. The van der Waals surface area contributed by atoms with Crippen molar-refractivity contribution in [1.82, 2.24) is 0 Å². The third kappa shape index (κ3) is 4.62. The highest BCUT2D eigenvalue weighted by Crippen LogP contribution is 2.47. The van der Waals surface area contributed by atoms with Crippen molar-refractivity contribution >= 4 is 6.08 Å². The summed E-state index contributed by atoms with van der Waals surface area (Å²) in [6.45, 7) is 4.98. The van der Waals surface area contributed by atoms with Gasteiger partial charge in [-0.15, -0.1) is 0 Å². The van der Waals surface area contributed by atoms with E-state index in [1.54, 1.807) is 11.1 Å². The Morgan fingerprint density at radius 2 is 1.64 bits per heavy atom. The number of ether oxygens (including phenoxy) is 1. The Morgan fingerprint density at radius 1 is 0.857 bits per heavy atom. The molecule has 152 valence electrons. The second kappa shape index (κ2) is 9.44. The maximum absolute atomic E-state index is 6.09. The quantitative estimate of drug-likeness (QED) is 0.501. The van der Waals surface area contributed by atoms with Crippen LogP contribution in [0.5, 0.6) is 0 Å². The molecular weight excluding hydrogens is 340 g/mol. The molecule has 0 saturated heterocycles. The molecule has 0 amide bonds. The lowest BCUT2D eigenvalue weighted by Crippen LogP contribution is -2.37. The van der Waals surface area contributed by atoms with E-state index < -0.39 is 0 Å². The smallest absolute Gasteiger partial charge is 0.0651 e. The number of rotatable bonds is 5. The van der Waals surface area contributed by atoms with Crippen molar-refractivity contribution in [3.63, 3.8) is 0 Å². The highest BCUT2D eigenvalue weighted by molar-refractivity contribution is 5.52. The van der Waals surface area contributed by atoms with Crippen LogP contribution in [0.4, 0.5) is 0 Å². The van der Waals surface area contributed by atoms with Crippen molar-refractivity contribution in [2.75, 3.05) is 6.61 Å². The molecule has 2 saturated carbocycles. The monoisotopic (exact) mass is 378 g/mol. The van der Waals surface area contributed by atoms with Gasteiger partial charge in [0.2, 0.25) is 0 Å². The minimum Gasteiger partial charge on any atom is -0.374 e. The van der Waals surface area contributed by atoms with E-state index in [0.717, 1.165) is 30.3 Å². The molecule has 0 heterocycles. The van der Waals surface area contributed by atoms with Gasteiger partial charge >= 0.3 is 0 Å². The average Bonchev–Trinajstić information content (AvgIpc) is 2.73. The molecule has 0 radical (unpaired) electrons. The van der Waals surface area contributed by atoms with E-state index in [1.807, 2.05) is 0 Å². The lowest BCUT2D eigenvalue weighted by atomic mass is 9.62. The molecule has 28 heavy (non-hydrogen) atoms. The summed E-state index contributed by atoms with van der Waals surface area (Å²) in [5, 5.41) is 0. The van der Waals surface area contributed by atoms with Crippen molar-refractivity contribution in [3.05, 3.63) is 53.1 Å². The molecule has 0 bridgehead atoms. The molecule has 0 aromatic heterocycles. The van der Waals surface area contributed by atoms with E-state index >= 15 is 0 Å². The molecule has 3 aliphatic rings. The molecule has 5 atom stereocenters. The molecule has 0 spiro atoms. The summed E-state index contributed by atoms with van der Waals surface area (Å²) in [5.41, 5.74) is 4.61. The van der Waals surface area contributed by atoms with Crippen LogP contribution in [0.3, 0.4) is 0 Å². The third-order valence-electron chi connectivity index (χ3n) is 7.79. The van der Waals surface area contributed by atoms with E-state index in [-0.39, 0.29) is 0 Å². The molecule has 1 aromatic carbocycles. The van der Waals surface area contributed by atoms with Crippen LogP contribution >= 0.6 is 0 Å². The van der Waals surface area contributed by atoms with E-state index in [1.165, 1.54) is 63.4 Å². The van der Waals surface area contributed by atoms with Gasteiger partial charge in [0.25, 0.3) is 0 Å². The SMILES string of the molecule is C/C=C/COC1CCC2CC(C3CCc4cc(/C=C/C)ccc4C3)CCC2C1. The van der Waals surface area contributed by atoms with Crippen LogP contribution in [-0.4, -0.2) is 12.7 Å². The summed E-state index contributed by atoms with van der Waals surface area (Å²) in [5.74, 6) is 3.79. The molecule has 1 nitrogen and oxygen atoms in total. The summed E-state index contributed by atoms with van der Waals surface area (Å²) < 4.78 is 6.09. The minimum atomic E-state index is 0.516. The van der Waals surface area contributed by atoms with Gasteiger partial charge in [-0.25, -0.2) is 0 Å². The van der Waals surface area contributed by atoms with Crippen LogP contribution in [0.25, 0.3) is 6.08 Å². The zero-order valence-corrected chi connectivity index (χ0v) is 17.9. The number of benzene rings is 1. The molecule has 2 fully saturated rings. The zero-order chi connectivity index (χ0) is 19.3. The Morgan fingerprint density at radius 3 is 2.46 bits per heavy atom. The predicted molar refractivity (Wildman–Crippen MR) is 119 cm³/mol. The number of fused-ring (bicyclic) bond motifs is 2. The van der Waals surface area contributed by atoms with Crippen molar-refractivity contribution in [2.24, 2.45) is 23.7 Å². The highest BCUT2D eigenvalue weighted by Gasteiger charge is 2.38. The van der Waals surface area contributed by atoms with Crippen molar-refractivity contribution in [2.45, 2.75) is 77.7 Å². The summed E-state index contributed by atoms with van der Waals surface area (Å²) >= 11 is 0. The van der Waals surface area contributed by atoms with Gasteiger partial charge in [0.05, 0.1) is 12.7 Å². The zero-order valence-electron chi connectivity index (χ0n) is 17.9. The van der Waals surface area contributed by atoms with Crippen LogP contribution in [0.2, 0.25) is 0 Å². The Labute approximate surface area is 172 Å². The van der Waals surface area contributed by atoms with Crippen molar-refractivity contribution < 1.29 is 4.74 Å². The third-order valence-corrected chi connectivity index (χ3v) is 7.79. The molecule has 1 aromatic rings. The van der Waals surface area contributed by atoms with E-state index in [9.17, 15) is 0 Å². The lowest BCUT2D eigenvalue weighted by molar-refractivity contribution is -0.0138. The largest absolute Gasteiger partial charge is 0.374 e. The van der Waals surface area contributed by atoms with Crippen LogP contribution in [-0.2, 0) is 17.6 Å². The van der Waals surface area contributed by atoms with Crippen LogP contribution in [0, 0.1) is 23.7 Å². The molecule has 0 N–H and O–H groups in total.